The van der Waals surface area contributed by atoms with Crippen molar-refractivity contribution in [1.29, 1.82) is 0 Å². The number of para-hydroxylation sites is 1. The molecule has 1 aromatic rings. The Morgan fingerprint density at radius 1 is 1.31 bits per heavy atom. The average Bonchev–Trinajstić information content (AvgIpc) is 2.88. The molecule has 2 aliphatic heterocycles. The largest absolute Gasteiger partial charge is 0.379 e. The van der Waals surface area contributed by atoms with Crippen molar-refractivity contribution in [3.05, 3.63) is 29.8 Å². The third-order valence-corrected chi connectivity index (χ3v) is 3.69. The molecule has 2 aliphatic rings. The smallest absolute Gasteiger partial charge is 0.0621 e. The van der Waals surface area contributed by atoms with Gasteiger partial charge in [0.1, 0.15) is 0 Å². The Kier molecular flexibility index (Phi) is 2.58. The summed E-state index contributed by atoms with van der Waals surface area (Å²) in [6.45, 7) is 3.71. The molecule has 1 aromatic carbocycles. The molecule has 3 nitrogen and oxygen atoms in total. The average molecular weight is 218 g/mol. The minimum absolute atomic E-state index is 0.216. The number of hydrogen-bond donors (Lipinski definition) is 1. The summed E-state index contributed by atoms with van der Waals surface area (Å²) in [6, 6.07) is 8.88. The van der Waals surface area contributed by atoms with E-state index in [2.05, 4.69) is 29.2 Å². The highest BCUT2D eigenvalue weighted by Gasteiger charge is 2.29. The summed E-state index contributed by atoms with van der Waals surface area (Å²) in [5, 5.41) is 0. The first-order valence-electron chi connectivity index (χ1n) is 6.01. The molecule has 2 atom stereocenters. The predicted molar refractivity (Wildman–Crippen MR) is 64.6 cm³/mol. The van der Waals surface area contributed by atoms with Crippen molar-refractivity contribution in [2.75, 3.05) is 31.2 Å². The van der Waals surface area contributed by atoms with Crippen LogP contribution in [0.1, 0.15) is 5.56 Å². The Labute approximate surface area is 96.2 Å². The molecule has 86 valence electrons. The van der Waals surface area contributed by atoms with E-state index in [0.29, 0.717) is 5.92 Å². The maximum atomic E-state index is 6.03. The highest BCUT2D eigenvalue weighted by Crippen LogP contribution is 2.29. The van der Waals surface area contributed by atoms with Gasteiger partial charge >= 0.3 is 0 Å². The molecule has 1 saturated heterocycles. The minimum Gasteiger partial charge on any atom is -0.379 e. The van der Waals surface area contributed by atoms with E-state index >= 15 is 0 Å². The Morgan fingerprint density at radius 3 is 3.00 bits per heavy atom. The number of ether oxygens (including phenoxy) is 1. The third-order valence-electron chi connectivity index (χ3n) is 3.69. The zero-order valence-corrected chi connectivity index (χ0v) is 9.43. The molecule has 0 aromatic heterocycles. The molecule has 2 unspecified atom stereocenters. The third kappa shape index (κ3) is 1.70. The molecule has 16 heavy (non-hydrogen) atoms. The van der Waals surface area contributed by atoms with Crippen molar-refractivity contribution in [3.63, 3.8) is 0 Å². The topological polar surface area (TPSA) is 38.5 Å². The maximum absolute atomic E-state index is 6.03. The van der Waals surface area contributed by atoms with Gasteiger partial charge in [0.15, 0.2) is 0 Å². The van der Waals surface area contributed by atoms with Crippen LogP contribution in [0.4, 0.5) is 5.69 Å². The predicted octanol–water partition coefficient (Wildman–Crippen LogP) is 1.02. The van der Waals surface area contributed by atoms with Gasteiger partial charge in [-0.2, -0.15) is 0 Å². The van der Waals surface area contributed by atoms with Gasteiger partial charge in [0.25, 0.3) is 0 Å². The molecule has 0 saturated carbocycles. The van der Waals surface area contributed by atoms with E-state index in [-0.39, 0.29) is 6.04 Å². The Balaban J connectivity index is 1.73. The normalized spacial score (nSPS) is 28.4. The summed E-state index contributed by atoms with van der Waals surface area (Å²) < 4.78 is 5.42. The zero-order valence-electron chi connectivity index (χ0n) is 9.43. The molecule has 1 fully saturated rings. The lowest BCUT2D eigenvalue weighted by atomic mass is 10.0. The summed E-state index contributed by atoms with van der Waals surface area (Å²) in [4.78, 5) is 2.45. The van der Waals surface area contributed by atoms with Gasteiger partial charge in [0.05, 0.1) is 13.2 Å². The molecule has 3 rings (SSSR count). The molecule has 0 radical (unpaired) electrons. The van der Waals surface area contributed by atoms with E-state index < -0.39 is 0 Å². The van der Waals surface area contributed by atoms with Crippen molar-refractivity contribution in [2.24, 2.45) is 11.7 Å². The highest BCUT2D eigenvalue weighted by molar-refractivity contribution is 5.57. The lowest BCUT2D eigenvalue weighted by Crippen LogP contribution is -2.37. The molecule has 0 amide bonds. The molecule has 3 heteroatoms. The van der Waals surface area contributed by atoms with Crippen LogP contribution in [0, 0.1) is 5.92 Å². The summed E-state index contributed by atoms with van der Waals surface area (Å²) in [5.41, 5.74) is 8.88. The van der Waals surface area contributed by atoms with Crippen LogP contribution in [0.5, 0.6) is 0 Å². The standard InChI is InChI=1S/C13H18N2O/c14-12-9-16-8-11(12)7-15-6-5-10-3-1-2-4-13(10)15/h1-4,11-12H,5-9,14H2. The molecule has 0 spiro atoms. The molecule has 0 bridgehead atoms. The second-order valence-electron chi connectivity index (χ2n) is 4.79. The number of benzene rings is 1. The van der Waals surface area contributed by atoms with Gasteiger partial charge < -0.3 is 15.4 Å². The minimum atomic E-state index is 0.216. The monoisotopic (exact) mass is 218 g/mol. The summed E-state index contributed by atoms with van der Waals surface area (Å²) in [6.07, 6.45) is 1.17. The van der Waals surface area contributed by atoms with E-state index in [0.717, 1.165) is 26.3 Å². The molecular weight excluding hydrogens is 200 g/mol. The summed E-state index contributed by atoms with van der Waals surface area (Å²) >= 11 is 0. The number of hydrogen-bond acceptors (Lipinski definition) is 3. The first-order chi connectivity index (χ1) is 7.84. The highest BCUT2D eigenvalue weighted by atomic mass is 16.5. The first-order valence-corrected chi connectivity index (χ1v) is 6.01. The van der Waals surface area contributed by atoms with Crippen molar-refractivity contribution >= 4 is 5.69 Å². The van der Waals surface area contributed by atoms with Crippen LogP contribution >= 0.6 is 0 Å². The first kappa shape index (κ1) is 10.1. The lowest BCUT2D eigenvalue weighted by Gasteiger charge is -2.24. The van der Waals surface area contributed by atoms with Crippen LogP contribution < -0.4 is 10.6 Å². The Morgan fingerprint density at radius 2 is 2.19 bits per heavy atom. The van der Waals surface area contributed by atoms with Gasteiger partial charge in [-0.25, -0.2) is 0 Å². The summed E-state index contributed by atoms with van der Waals surface area (Å²) in [5.74, 6) is 0.492. The van der Waals surface area contributed by atoms with Crippen LogP contribution in [0.25, 0.3) is 0 Å². The quantitative estimate of drug-likeness (QED) is 0.805. The molecule has 0 aliphatic carbocycles. The van der Waals surface area contributed by atoms with E-state index in [1.54, 1.807) is 0 Å². The van der Waals surface area contributed by atoms with Gasteiger partial charge in [-0.15, -0.1) is 0 Å². The number of anilines is 1. The fourth-order valence-electron chi connectivity index (χ4n) is 2.68. The van der Waals surface area contributed by atoms with Crippen LogP contribution in [0.2, 0.25) is 0 Å². The Hall–Kier alpha value is -1.06. The fourth-order valence-corrected chi connectivity index (χ4v) is 2.68. The van der Waals surface area contributed by atoms with E-state index in [1.807, 2.05) is 0 Å². The molecule has 2 N–H and O–H groups in total. The van der Waals surface area contributed by atoms with Crippen molar-refractivity contribution in [1.82, 2.24) is 0 Å². The van der Waals surface area contributed by atoms with Crippen LogP contribution in [0.3, 0.4) is 0 Å². The Bertz CT molecular complexity index is 380. The lowest BCUT2D eigenvalue weighted by molar-refractivity contribution is 0.185. The zero-order chi connectivity index (χ0) is 11.0. The number of nitrogens with two attached hydrogens (primary N) is 1. The van der Waals surface area contributed by atoms with Gasteiger partial charge in [0.2, 0.25) is 0 Å². The number of fused-ring (bicyclic) bond motifs is 1. The number of rotatable bonds is 2. The second-order valence-corrected chi connectivity index (χ2v) is 4.79. The van der Waals surface area contributed by atoms with Crippen molar-refractivity contribution in [3.8, 4) is 0 Å². The molecule has 2 heterocycles. The van der Waals surface area contributed by atoms with Crippen molar-refractivity contribution < 1.29 is 4.74 Å². The van der Waals surface area contributed by atoms with Gasteiger partial charge in [0, 0.05) is 30.7 Å². The van der Waals surface area contributed by atoms with E-state index in [1.165, 1.54) is 17.7 Å². The number of nitrogens with zero attached hydrogens (tertiary/aromatic N) is 1. The van der Waals surface area contributed by atoms with Crippen LogP contribution in [-0.4, -0.2) is 32.3 Å². The SMILES string of the molecule is NC1COCC1CN1CCc2ccccc21. The molecular formula is C13H18N2O. The summed E-state index contributed by atoms with van der Waals surface area (Å²) in [7, 11) is 0. The van der Waals surface area contributed by atoms with Crippen LogP contribution in [-0.2, 0) is 11.2 Å². The van der Waals surface area contributed by atoms with Crippen LogP contribution in [0.15, 0.2) is 24.3 Å². The van der Waals surface area contributed by atoms with Gasteiger partial charge in [-0.1, -0.05) is 18.2 Å². The van der Waals surface area contributed by atoms with Gasteiger partial charge in [-0.3, -0.25) is 0 Å². The second kappa shape index (κ2) is 4.07. The fraction of sp³-hybridized carbons (Fsp3) is 0.538. The van der Waals surface area contributed by atoms with Crippen molar-refractivity contribution in [2.45, 2.75) is 12.5 Å². The van der Waals surface area contributed by atoms with Gasteiger partial charge in [-0.05, 0) is 18.1 Å². The maximum Gasteiger partial charge on any atom is 0.0621 e. The van der Waals surface area contributed by atoms with E-state index in [4.69, 9.17) is 10.5 Å². The van der Waals surface area contributed by atoms with E-state index in [9.17, 15) is 0 Å².